The molecular formula is C19H32ClN3O4S. The van der Waals surface area contributed by atoms with Gasteiger partial charge in [0.15, 0.2) is 0 Å². The van der Waals surface area contributed by atoms with Gasteiger partial charge < -0.3 is 15.4 Å². The summed E-state index contributed by atoms with van der Waals surface area (Å²) in [7, 11) is -1.96. The van der Waals surface area contributed by atoms with Crippen LogP contribution in [0.15, 0.2) is 23.1 Å². The molecule has 1 amide bonds. The van der Waals surface area contributed by atoms with Gasteiger partial charge in [-0.1, -0.05) is 12.5 Å². The van der Waals surface area contributed by atoms with E-state index in [1.54, 1.807) is 23.5 Å². The average molecular weight is 434 g/mol. The minimum absolute atomic E-state index is 0. The van der Waals surface area contributed by atoms with E-state index in [1.807, 2.05) is 13.8 Å². The van der Waals surface area contributed by atoms with Crippen molar-refractivity contribution in [1.29, 1.82) is 0 Å². The standard InChI is InChI=1S/C19H31N3O4S.ClH/c1-15-7-8-17(27(24,25)22-12-5-4-6-16(22)2)14-18(15)19(23)21-10-9-20-11-13-26-3;/h7-8,14,16,20H,4-6,9-13H2,1-3H3,(H,21,23);1H. The predicted octanol–water partition coefficient (Wildman–Crippen LogP) is 1.95. The highest BCUT2D eigenvalue weighted by molar-refractivity contribution is 7.89. The zero-order valence-electron chi connectivity index (χ0n) is 16.9. The number of hydrogen-bond donors (Lipinski definition) is 2. The van der Waals surface area contributed by atoms with Gasteiger partial charge in [-0.15, -0.1) is 12.4 Å². The number of sulfonamides is 1. The van der Waals surface area contributed by atoms with Crippen molar-refractivity contribution in [3.8, 4) is 0 Å². The van der Waals surface area contributed by atoms with E-state index in [2.05, 4.69) is 10.6 Å². The summed E-state index contributed by atoms with van der Waals surface area (Å²) >= 11 is 0. The fraction of sp³-hybridized carbons (Fsp3) is 0.632. The first-order valence-corrected chi connectivity index (χ1v) is 10.9. The Morgan fingerprint density at radius 1 is 1.25 bits per heavy atom. The summed E-state index contributed by atoms with van der Waals surface area (Å²) in [6.45, 7) is 6.70. The molecule has 1 aliphatic heterocycles. The minimum atomic E-state index is -3.59. The number of methoxy groups -OCH3 is 1. The largest absolute Gasteiger partial charge is 0.383 e. The number of piperidine rings is 1. The first kappa shape index (κ1) is 24.8. The molecule has 2 N–H and O–H groups in total. The Hall–Kier alpha value is -1.19. The average Bonchev–Trinajstić information content (AvgIpc) is 2.64. The molecular weight excluding hydrogens is 402 g/mol. The number of hydrogen-bond acceptors (Lipinski definition) is 5. The van der Waals surface area contributed by atoms with Gasteiger partial charge in [-0.3, -0.25) is 4.79 Å². The van der Waals surface area contributed by atoms with Crippen molar-refractivity contribution in [3.05, 3.63) is 29.3 Å². The maximum absolute atomic E-state index is 13.0. The molecule has 9 heteroatoms. The second kappa shape index (κ2) is 11.7. The number of carbonyl (C=O) groups excluding carboxylic acids is 1. The van der Waals surface area contributed by atoms with Crippen molar-refractivity contribution >= 4 is 28.3 Å². The summed E-state index contributed by atoms with van der Waals surface area (Å²) in [5.74, 6) is -0.259. The van der Waals surface area contributed by atoms with Crippen LogP contribution in [0.1, 0.15) is 42.1 Å². The lowest BCUT2D eigenvalue weighted by Crippen LogP contribution is -2.42. The molecule has 0 bridgehead atoms. The highest BCUT2D eigenvalue weighted by Gasteiger charge is 2.31. The van der Waals surface area contributed by atoms with Crippen LogP contribution in [0.2, 0.25) is 0 Å². The molecule has 1 fully saturated rings. The molecule has 1 aromatic carbocycles. The predicted molar refractivity (Wildman–Crippen MR) is 113 cm³/mol. The van der Waals surface area contributed by atoms with Gasteiger partial charge in [0.05, 0.1) is 11.5 Å². The summed E-state index contributed by atoms with van der Waals surface area (Å²) < 4.78 is 32.5. The Balaban J connectivity index is 0.00000392. The molecule has 160 valence electrons. The Labute approximate surface area is 174 Å². The molecule has 0 radical (unpaired) electrons. The van der Waals surface area contributed by atoms with Gasteiger partial charge in [-0.05, 0) is 44.4 Å². The maximum atomic E-state index is 13.0. The molecule has 1 unspecified atom stereocenters. The van der Waals surface area contributed by atoms with Crippen molar-refractivity contribution in [2.75, 3.05) is 39.9 Å². The molecule has 0 spiro atoms. The maximum Gasteiger partial charge on any atom is 0.251 e. The lowest BCUT2D eigenvalue weighted by molar-refractivity contribution is 0.0953. The number of ether oxygens (including phenoxy) is 1. The molecule has 2 rings (SSSR count). The number of carbonyl (C=O) groups is 1. The second-order valence-corrected chi connectivity index (χ2v) is 8.83. The van der Waals surface area contributed by atoms with E-state index in [0.717, 1.165) is 24.8 Å². The van der Waals surface area contributed by atoms with Crippen molar-refractivity contribution in [1.82, 2.24) is 14.9 Å². The molecule has 0 aromatic heterocycles. The molecule has 0 saturated carbocycles. The van der Waals surface area contributed by atoms with Crippen molar-refractivity contribution < 1.29 is 17.9 Å². The van der Waals surface area contributed by atoms with Gasteiger partial charge in [-0.2, -0.15) is 4.31 Å². The van der Waals surface area contributed by atoms with Gasteiger partial charge in [0.1, 0.15) is 0 Å². The number of amides is 1. The molecule has 1 aliphatic rings. The second-order valence-electron chi connectivity index (χ2n) is 6.94. The van der Waals surface area contributed by atoms with Crippen molar-refractivity contribution in [2.45, 2.75) is 44.0 Å². The summed E-state index contributed by atoms with van der Waals surface area (Å²) in [6, 6.07) is 4.78. The third-order valence-electron chi connectivity index (χ3n) is 4.87. The fourth-order valence-corrected chi connectivity index (χ4v) is 4.96. The third-order valence-corrected chi connectivity index (χ3v) is 6.88. The van der Waals surface area contributed by atoms with Crippen LogP contribution in [0, 0.1) is 6.92 Å². The smallest absolute Gasteiger partial charge is 0.251 e. The van der Waals surface area contributed by atoms with Gasteiger partial charge in [0.2, 0.25) is 10.0 Å². The molecule has 1 heterocycles. The highest BCUT2D eigenvalue weighted by Crippen LogP contribution is 2.26. The van der Waals surface area contributed by atoms with Crippen LogP contribution >= 0.6 is 12.4 Å². The Morgan fingerprint density at radius 3 is 2.68 bits per heavy atom. The van der Waals surface area contributed by atoms with E-state index in [4.69, 9.17) is 4.74 Å². The number of rotatable bonds is 9. The zero-order chi connectivity index (χ0) is 19.9. The number of halogens is 1. The van der Waals surface area contributed by atoms with E-state index in [9.17, 15) is 13.2 Å². The van der Waals surface area contributed by atoms with Crippen LogP contribution in [0.4, 0.5) is 0 Å². The summed E-state index contributed by atoms with van der Waals surface area (Å²) in [6.07, 6.45) is 2.79. The van der Waals surface area contributed by atoms with Gasteiger partial charge in [-0.25, -0.2) is 8.42 Å². The highest BCUT2D eigenvalue weighted by atomic mass is 35.5. The first-order chi connectivity index (χ1) is 12.9. The normalized spacial score (nSPS) is 17.8. The van der Waals surface area contributed by atoms with Crippen LogP contribution < -0.4 is 10.6 Å². The lowest BCUT2D eigenvalue weighted by atomic mass is 10.1. The van der Waals surface area contributed by atoms with E-state index in [1.165, 1.54) is 6.07 Å². The zero-order valence-corrected chi connectivity index (χ0v) is 18.5. The minimum Gasteiger partial charge on any atom is -0.383 e. The van der Waals surface area contributed by atoms with E-state index in [-0.39, 0.29) is 29.3 Å². The van der Waals surface area contributed by atoms with Gasteiger partial charge in [0.25, 0.3) is 5.91 Å². The molecule has 1 saturated heterocycles. The Kier molecular flexibility index (Phi) is 10.4. The Morgan fingerprint density at radius 2 is 2.00 bits per heavy atom. The fourth-order valence-electron chi connectivity index (χ4n) is 3.23. The number of aryl methyl sites for hydroxylation is 1. The van der Waals surface area contributed by atoms with Crippen LogP contribution in [0.25, 0.3) is 0 Å². The topological polar surface area (TPSA) is 87.7 Å². The Bertz CT molecular complexity index is 743. The van der Waals surface area contributed by atoms with E-state index >= 15 is 0 Å². The summed E-state index contributed by atoms with van der Waals surface area (Å²) in [4.78, 5) is 12.7. The number of nitrogens with zero attached hydrogens (tertiary/aromatic N) is 1. The molecule has 28 heavy (non-hydrogen) atoms. The molecule has 1 aromatic rings. The summed E-state index contributed by atoms with van der Waals surface area (Å²) in [5, 5.41) is 5.98. The number of benzene rings is 1. The van der Waals surface area contributed by atoms with Crippen LogP contribution in [-0.2, 0) is 14.8 Å². The quantitative estimate of drug-likeness (QED) is 0.581. The molecule has 1 atom stereocenters. The SMILES string of the molecule is COCCNCCNC(=O)c1cc(S(=O)(=O)N2CCCCC2C)ccc1C.Cl. The van der Waals surface area contributed by atoms with E-state index < -0.39 is 10.0 Å². The lowest BCUT2D eigenvalue weighted by Gasteiger charge is -2.32. The van der Waals surface area contributed by atoms with Crippen LogP contribution in [-0.4, -0.2) is 64.6 Å². The summed E-state index contributed by atoms with van der Waals surface area (Å²) in [5.41, 5.74) is 1.16. The van der Waals surface area contributed by atoms with E-state index in [0.29, 0.717) is 38.3 Å². The number of nitrogens with one attached hydrogen (secondary N) is 2. The molecule has 0 aliphatic carbocycles. The van der Waals surface area contributed by atoms with Gasteiger partial charge in [0, 0.05) is 44.9 Å². The molecule has 7 nitrogen and oxygen atoms in total. The van der Waals surface area contributed by atoms with Crippen LogP contribution in [0.5, 0.6) is 0 Å². The van der Waals surface area contributed by atoms with Crippen molar-refractivity contribution in [3.63, 3.8) is 0 Å². The first-order valence-electron chi connectivity index (χ1n) is 9.48. The monoisotopic (exact) mass is 433 g/mol. The van der Waals surface area contributed by atoms with Crippen molar-refractivity contribution in [2.24, 2.45) is 0 Å². The van der Waals surface area contributed by atoms with Gasteiger partial charge >= 0.3 is 0 Å². The van der Waals surface area contributed by atoms with Crippen LogP contribution in [0.3, 0.4) is 0 Å². The third kappa shape index (κ3) is 6.42.